The molecule has 0 radical (unpaired) electrons. The van der Waals surface area contributed by atoms with Gasteiger partial charge in [-0.3, -0.25) is 14.4 Å². The van der Waals surface area contributed by atoms with Gasteiger partial charge in [0.1, 0.15) is 17.4 Å². The number of aliphatic hydroxyl groups is 1. The summed E-state index contributed by atoms with van der Waals surface area (Å²) >= 11 is 9.59. The number of β-amino-alcohol motifs (C(OH)–C–C–N with tert-alkyl or cyclic N) is 1. The smallest absolute Gasteiger partial charge is 0.250 e. The zero-order chi connectivity index (χ0) is 26.3. The molecule has 0 aliphatic carbocycles. The van der Waals surface area contributed by atoms with Gasteiger partial charge in [-0.25, -0.2) is 0 Å². The van der Waals surface area contributed by atoms with Gasteiger partial charge in [-0.1, -0.05) is 27.5 Å². The van der Waals surface area contributed by atoms with Crippen LogP contribution in [0.15, 0.2) is 48.5 Å². The summed E-state index contributed by atoms with van der Waals surface area (Å²) in [7, 11) is 0. The Labute approximate surface area is 227 Å². The lowest BCUT2D eigenvalue weighted by Gasteiger charge is -2.34. The molecule has 9 nitrogen and oxygen atoms in total. The van der Waals surface area contributed by atoms with Crippen molar-refractivity contribution in [3.63, 3.8) is 0 Å². The van der Waals surface area contributed by atoms with E-state index in [9.17, 15) is 19.5 Å². The molecule has 3 heterocycles. The Balaban J connectivity index is 1.43. The quantitative estimate of drug-likeness (QED) is 0.406. The second-order valence-corrected chi connectivity index (χ2v) is 11.0. The molecule has 196 valence electrons. The monoisotopic (exact) mass is 591 g/mol. The SMILES string of the molecule is CCOc1ccc(NC(=O)[C@H]2[C@@H]3OC4(CC3Br)C(C(=O)Nc3ccc(Cl)cc3)N(CCO)C(=O)[C@H]24)cc1. The van der Waals surface area contributed by atoms with Crippen LogP contribution in [0.1, 0.15) is 13.3 Å². The third-order valence-electron chi connectivity index (χ3n) is 7.23. The van der Waals surface area contributed by atoms with Crippen molar-refractivity contribution in [3.05, 3.63) is 53.6 Å². The molecule has 0 aromatic heterocycles. The summed E-state index contributed by atoms with van der Waals surface area (Å²) in [6.45, 7) is 2.04. The van der Waals surface area contributed by atoms with E-state index in [4.69, 9.17) is 21.1 Å². The van der Waals surface area contributed by atoms with Crippen LogP contribution >= 0.6 is 27.5 Å². The van der Waals surface area contributed by atoms with E-state index in [1.807, 2.05) is 6.92 Å². The van der Waals surface area contributed by atoms with Gasteiger partial charge < -0.3 is 30.1 Å². The van der Waals surface area contributed by atoms with Gasteiger partial charge in [0.25, 0.3) is 0 Å². The molecule has 3 aliphatic heterocycles. The number of alkyl halides is 1. The van der Waals surface area contributed by atoms with E-state index in [-0.39, 0.29) is 29.8 Å². The maximum Gasteiger partial charge on any atom is 0.250 e. The topological polar surface area (TPSA) is 117 Å². The van der Waals surface area contributed by atoms with Crippen LogP contribution in [0.5, 0.6) is 5.75 Å². The number of ether oxygens (including phenoxy) is 2. The number of nitrogens with one attached hydrogen (secondary N) is 2. The van der Waals surface area contributed by atoms with Crippen molar-refractivity contribution in [1.29, 1.82) is 0 Å². The summed E-state index contributed by atoms with van der Waals surface area (Å²) < 4.78 is 11.9. The highest BCUT2D eigenvalue weighted by atomic mass is 79.9. The van der Waals surface area contributed by atoms with Crippen LogP contribution in [0.3, 0.4) is 0 Å². The molecule has 2 aromatic carbocycles. The Hall–Kier alpha value is -2.66. The van der Waals surface area contributed by atoms with Crippen LogP contribution in [-0.4, -0.2) is 70.1 Å². The predicted octanol–water partition coefficient (Wildman–Crippen LogP) is 3.06. The van der Waals surface area contributed by atoms with Crippen molar-refractivity contribution < 1.29 is 29.0 Å². The number of nitrogens with zero attached hydrogens (tertiary/aromatic N) is 1. The minimum atomic E-state index is -1.21. The lowest BCUT2D eigenvalue weighted by molar-refractivity contribution is -0.140. The molecule has 6 atom stereocenters. The highest BCUT2D eigenvalue weighted by molar-refractivity contribution is 9.09. The van der Waals surface area contributed by atoms with E-state index < -0.39 is 35.5 Å². The van der Waals surface area contributed by atoms with E-state index in [0.29, 0.717) is 35.2 Å². The molecule has 3 amide bonds. The third-order valence-corrected chi connectivity index (χ3v) is 8.32. The van der Waals surface area contributed by atoms with Crippen molar-refractivity contribution in [2.45, 2.75) is 35.9 Å². The average Bonchev–Trinajstić information content (AvgIpc) is 3.46. The minimum Gasteiger partial charge on any atom is -0.494 e. The summed E-state index contributed by atoms with van der Waals surface area (Å²) in [4.78, 5) is 41.9. The van der Waals surface area contributed by atoms with Crippen LogP contribution in [0.4, 0.5) is 11.4 Å². The van der Waals surface area contributed by atoms with Crippen LogP contribution < -0.4 is 15.4 Å². The first-order valence-electron chi connectivity index (χ1n) is 12.1. The Kier molecular flexibility index (Phi) is 7.19. The lowest BCUT2D eigenvalue weighted by atomic mass is 9.70. The second kappa shape index (κ2) is 10.2. The first kappa shape index (κ1) is 26.0. The Morgan fingerprint density at radius 3 is 2.38 bits per heavy atom. The number of rotatable bonds is 8. The zero-order valence-electron chi connectivity index (χ0n) is 20.0. The fourth-order valence-corrected chi connectivity index (χ4v) is 6.92. The van der Waals surface area contributed by atoms with Crippen LogP contribution in [-0.2, 0) is 19.1 Å². The highest BCUT2D eigenvalue weighted by Crippen LogP contribution is 2.60. The van der Waals surface area contributed by atoms with Crippen molar-refractivity contribution in [2.75, 3.05) is 30.4 Å². The summed E-state index contributed by atoms with van der Waals surface area (Å²) in [5.74, 6) is -2.17. The number of hydrogen-bond acceptors (Lipinski definition) is 6. The highest BCUT2D eigenvalue weighted by Gasteiger charge is 2.76. The molecule has 0 saturated carbocycles. The van der Waals surface area contributed by atoms with Crippen molar-refractivity contribution >= 4 is 56.6 Å². The van der Waals surface area contributed by atoms with Gasteiger partial charge in [0.15, 0.2) is 0 Å². The third kappa shape index (κ3) is 4.50. The van der Waals surface area contributed by atoms with Gasteiger partial charge in [0.2, 0.25) is 17.7 Å². The van der Waals surface area contributed by atoms with Crippen LogP contribution in [0.2, 0.25) is 5.02 Å². The normalized spacial score (nSPS) is 29.8. The van der Waals surface area contributed by atoms with Crippen molar-refractivity contribution in [1.82, 2.24) is 4.90 Å². The average molecular weight is 593 g/mol. The number of aliphatic hydroxyl groups excluding tert-OH is 1. The summed E-state index contributed by atoms with van der Waals surface area (Å²) in [6, 6.07) is 12.6. The van der Waals surface area contributed by atoms with Crippen LogP contribution in [0, 0.1) is 11.8 Å². The Morgan fingerprint density at radius 1 is 1.14 bits per heavy atom. The molecule has 3 unspecified atom stereocenters. The number of hydrogen-bond donors (Lipinski definition) is 3. The molecule has 37 heavy (non-hydrogen) atoms. The first-order chi connectivity index (χ1) is 17.8. The molecule has 3 fully saturated rings. The molecule has 11 heteroatoms. The second-order valence-electron chi connectivity index (χ2n) is 9.36. The number of fused-ring (bicyclic) bond motifs is 1. The molecule has 1 spiro atoms. The predicted molar refractivity (Wildman–Crippen MR) is 141 cm³/mol. The number of likely N-dealkylation sites (tertiary alicyclic amines) is 1. The molecular weight excluding hydrogens is 566 g/mol. The van der Waals surface area contributed by atoms with Gasteiger partial charge >= 0.3 is 0 Å². The molecule has 3 saturated heterocycles. The number of benzene rings is 2. The number of carbonyl (C=O) groups is 3. The Bertz CT molecular complexity index is 1200. The van der Waals surface area contributed by atoms with Crippen LogP contribution in [0.25, 0.3) is 0 Å². The number of amides is 3. The van der Waals surface area contributed by atoms with E-state index in [2.05, 4.69) is 26.6 Å². The summed E-state index contributed by atoms with van der Waals surface area (Å²) in [6.07, 6.45) is -0.208. The Morgan fingerprint density at radius 2 is 1.76 bits per heavy atom. The minimum absolute atomic E-state index is 0.0516. The lowest BCUT2D eigenvalue weighted by Crippen LogP contribution is -2.54. The first-order valence-corrected chi connectivity index (χ1v) is 13.4. The molecule has 3 N–H and O–H groups in total. The standard InChI is InChI=1S/C26H27BrClN3O6/c1-2-36-17-9-7-16(8-10-17)29-23(33)19-20-25(35)31(11-12-32)22(26(20)13-18(27)21(19)37-26)24(34)30-15-5-3-14(28)4-6-15/h3-10,18-22,32H,2,11-13H2,1H3,(H,29,33)(H,30,34)/t18?,19-,20+,21-,22?,26?/m1/s1. The van der Waals surface area contributed by atoms with E-state index in [1.54, 1.807) is 48.5 Å². The van der Waals surface area contributed by atoms with Gasteiger partial charge in [-0.2, -0.15) is 0 Å². The van der Waals surface area contributed by atoms with E-state index >= 15 is 0 Å². The maximum atomic E-state index is 13.7. The van der Waals surface area contributed by atoms with Gasteiger partial charge in [-0.05, 0) is 61.9 Å². The summed E-state index contributed by atoms with van der Waals surface area (Å²) in [5, 5.41) is 16.0. The fraction of sp³-hybridized carbons (Fsp3) is 0.423. The molecule has 5 rings (SSSR count). The van der Waals surface area contributed by atoms with E-state index in [1.165, 1.54) is 4.90 Å². The zero-order valence-corrected chi connectivity index (χ0v) is 22.4. The van der Waals surface area contributed by atoms with Gasteiger partial charge in [-0.15, -0.1) is 0 Å². The van der Waals surface area contributed by atoms with Gasteiger partial charge in [0.05, 0.1) is 31.2 Å². The largest absolute Gasteiger partial charge is 0.494 e. The number of carbonyl (C=O) groups excluding carboxylic acids is 3. The number of halogens is 2. The van der Waals surface area contributed by atoms with E-state index in [0.717, 1.165) is 0 Å². The number of anilines is 2. The fourth-order valence-electron chi connectivity index (χ4n) is 5.85. The molecule has 2 bridgehead atoms. The van der Waals surface area contributed by atoms with Crippen molar-refractivity contribution in [3.8, 4) is 5.75 Å². The summed E-state index contributed by atoms with van der Waals surface area (Å²) in [5.41, 5.74) is -0.132. The van der Waals surface area contributed by atoms with Crippen molar-refractivity contribution in [2.24, 2.45) is 11.8 Å². The maximum absolute atomic E-state index is 13.7. The molecule has 3 aliphatic rings. The molecule has 2 aromatic rings. The van der Waals surface area contributed by atoms with Gasteiger partial charge in [0, 0.05) is 27.8 Å². The molecular formula is C26H27BrClN3O6.